The van der Waals surface area contributed by atoms with Crippen molar-refractivity contribution in [2.75, 3.05) is 14.2 Å². The minimum atomic E-state index is -0.269. The molecule has 106 valence electrons. The van der Waals surface area contributed by atoms with Gasteiger partial charge in [0.15, 0.2) is 0 Å². The van der Waals surface area contributed by atoms with E-state index in [1.807, 2.05) is 12.1 Å². The van der Waals surface area contributed by atoms with Crippen LogP contribution in [0.1, 0.15) is 11.3 Å². The molecule has 0 saturated carbocycles. The monoisotopic (exact) mass is 274 g/mol. The van der Waals surface area contributed by atoms with E-state index in [2.05, 4.69) is 22.0 Å². The highest BCUT2D eigenvalue weighted by molar-refractivity contribution is 5.87. The number of benzene rings is 1. The van der Waals surface area contributed by atoms with Gasteiger partial charge in [-0.2, -0.15) is 0 Å². The number of aromatic nitrogens is 1. The third-order valence-corrected chi connectivity index (χ3v) is 3.86. The van der Waals surface area contributed by atoms with Crippen LogP contribution in [-0.2, 0) is 34.0 Å². The molecule has 5 heteroatoms. The first-order valence-corrected chi connectivity index (χ1v) is 6.65. The summed E-state index contributed by atoms with van der Waals surface area (Å²) in [6.07, 6.45) is 0.652. The summed E-state index contributed by atoms with van der Waals surface area (Å²) in [7, 11) is 3.11. The van der Waals surface area contributed by atoms with Crippen LogP contribution >= 0.6 is 0 Å². The lowest BCUT2D eigenvalue weighted by molar-refractivity contribution is -0.143. The number of fused-ring (bicyclic) bond motifs is 3. The predicted molar refractivity (Wildman–Crippen MR) is 75.3 cm³/mol. The van der Waals surface area contributed by atoms with Gasteiger partial charge in [-0.05, 0) is 11.6 Å². The summed E-state index contributed by atoms with van der Waals surface area (Å²) < 4.78 is 12.3. The Balaban J connectivity index is 2.09. The van der Waals surface area contributed by atoms with Crippen molar-refractivity contribution in [2.24, 2.45) is 0 Å². The summed E-state index contributed by atoms with van der Waals surface area (Å²) in [5.74, 6) is -0.209. The zero-order valence-electron chi connectivity index (χ0n) is 11.7. The SMILES string of the molecule is COCn1c2c(c3ccccc31)CC(C(=O)OC)NC2. The number of para-hydroxylation sites is 1. The Labute approximate surface area is 117 Å². The number of esters is 1. The van der Waals surface area contributed by atoms with Crippen LogP contribution in [0.4, 0.5) is 0 Å². The summed E-state index contributed by atoms with van der Waals surface area (Å²) in [5.41, 5.74) is 3.55. The van der Waals surface area contributed by atoms with Gasteiger partial charge in [-0.25, -0.2) is 0 Å². The molecular formula is C15H18N2O3. The van der Waals surface area contributed by atoms with E-state index in [-0.39, 0.29) is 12.0 Å². The lowest BCUT2D eigenvalue weighted by Gasteiger charge is -2.23. The second-order valence-electron chi connectivity index (χ2n) is 4.95. The number of carbonyl (C=O) groups is 1. The van der Waals surface area contributed by atoms with Crippen molar-refractivity contribution < 1.29 is 14.3 Å². The largest absolute Gasteiger partial charge is 0.468 e. The molecule has 1 atom stereocenters. The summed E-state index contributed by atoms with van der Waals surface area (Å²) in [6.45, 7) is 1.16. The van der Waals surface area contributed by atoms with Crippen LogP contribution in [0.2, 0.25) is 0 Å². The molecule has 0 amide bonds. The molecule has 20 heavy (non-hydrogen) atoms. The van der Waals surface area contributed by atoms with Crippen molar-refractivity contribution >= 4 is 16.9 Å². The van der Waals surface area contributed by atoms with Gasteiger partial charge in [-0.1, -0.05) is 18.2 Å². The first-order valence-electron chi connectivity index (χ1n) is 6.65. The van der Waals surface area contributed by atoms with E-state index in [0.29, 0.717) is 19.7 Å². The van der Waals surface area contributed by atoms with Gasteiger partial charge in [0.25, 0.3) is 0 Å². The van der Waals surface area contributed by atoms with E-state index in [1.165, 1.54) is 23.8 Å². The van der Waals surface area contributed by atoms with Gasteiger partial charge in [0.1, 0.15) is 12.8 Å². The van der Waals surface area contributed by atoms with Crippen molar-refractivity contribution in [3.63, 3.8) is 0 Å². The summed E-state index contributed by atoms with van der Waals surface area (Å²) >= 11 is 0. The highest BCUT2D eigenvalue weighted by Gasteiger charge is 2.29. The summed E-state index contributed by atoms with van der Waals surface area (Å²) in [4.78, 5) is 11.7. The molecule has 0 aliphatic carbocycles. The Morgan fingerprint density at radius 3 is 2.95 bits per heavy atom. The maximum Gasteiger partial charge on any atom is 0.323 e. The Morgan fingerprint density at radius 1 is 1.40 bits per heavy atom. The van der Waals surface area contributed by atoms with E-state index in [0.717, 1.165) is 5.52 Å². The quantitative estimate of drug-likeness (QED) is 0.860. The second-order valence-corrected chi connectivity index (χ2v) is 4.95. The van der Waals surface area contributed by atoms with E-state index >= 15 is 0 Å². The Kier molecular flexibility index (Phi) is 3.46. The molecule has 2 aromatic rings. The maximum absolute atomic E-state index is 11.7. The summed E-state index contributed by atoms with van der Waals surface area (Å²) in [6, 6.07) is 7.95. The normalized spacial score (nSPS) is 18.0. The standard InChI is InChI=1S/C15H18N2O3/c1-19-9-17-13-6-4-3-5-10(13)11-7-12(15(18)20-2)16-8-14(11)17/h3-6,12,16H,7-9H2,1-2H3. The molecule has 1 N–H and O–H groups in total. The van der Waals surface area contributed by atoms with E-state index < -0.39 is 0 Å². The molecule has 1 aliphatic rings. The zero-order chi connectivity index (χ0) is 14.1. The molecule has 5 nitrogen and oxygen atoms in total. The van der Waals surface area contributed by atoms with E-state index in [4.69, 9.17) is 9.47 Å². The van der Waals surface area contributed by atoms with Crippen LogP contribution < -0.4 is 5.32 Å². The van der Waals surface area contributed by atoms with Crippen molar-refractivity contribution in [3.05, 3.63) is 35.5 Å². The van der Waals surface area contributed by atoms with Crippen molar-refractivity contribution in [2.45, 2.75) is 25.7 Å². The third-order valence-electron chi connectivity index (χ3n) is 3.86. The van der Waals surface area contributed by atoms with Crippen molar-refractivity contribution in [1.29, 1.82) is 0 Å². The average Bonchev–Trinajstić information content (AvgIpc) is 2.81. The molecule has 3 rings (SSSR count). The minimum Gasteiger partial charge on any atom is -0.468 e. The number of nitrogens with zero attached hydrogens (tertiary/aromatic N) is 1. The van der Waals surface area contributed by atoms with Gasteiger partial charge < -0.3 is 14.0 Å². The highest BCUT2D eigenvalue weighted by atomic mass is 16.5. The van der Waals surface area contributed by atoms with Gasteiger partial charge in [0.2, 0.25) is 0 Å². The third kappa shape index (κ3) is 1.99. The molecule has 2 heterocycles. The van der Waals surface area contributed by atoms with Crippen molar-refractivity contribution in [1.82, 2.24) is 9.88 Å². The van der Waals surface area contributed by atoms with Gasteiger partial charge in [0.05, 0.1) is 12.6 Å². The van der Waals surface area contributed by atoms with E-state index in [1.54, 1.807) is 7.11 Å². The number of ether oxygens (including phenoxy) is 2. The predicted octanol–water partition coefficient (Wildman–Crippen LogP) is 1.43. The number of nitrogens with one attached hydrogen (secondary N) is 1. The minimum absolute atomic E-state index is 0.209. The molecule has 1 aromatic heterocycles. The topological polar surface area (TPSA) is 52.5 Å². The first kappa shape index (κ1) is 13.1. The Hall–Kier alpha value is -1.85. The molecule has 1 aromatic carbocycles. The molecule has 0 saturated heterocycles. The van der Waals surface area contributed by atoms with Gasteiger partial charge in [0, 0.05) is 31.2 Å². The fourth-order valence-corrected chi connectivity index (χ4v) is 2.94. The summed E-state index contributed by atoms with van der Waals surface area (Å²) in [5, 5.41) is 4.42. The Morgan fingerprint density at radius 2 is 2.20 bits per heavy atom. The molecular weight excluding hydrogens is 256 g/mol. The molecule has 0 bridgehead atoms. The number of rotatable bonds is 3. The number of hydrogen-bond acceptors (Lipinski definition) is 4. The van der Waals surface area contributed by atoms with Crippen LogP contribution in [-0.4, -0.2) is 30.8 Å². The van der Waals surface area contributed by atoms with Gasteiger partial charge >= 0.3 is 5.97 Å². The van der Waals surface area contributed by atoms with Gasteiger partial charge in [-0.3, -0.25) is 10.1 Å². The Bertz CT molecular complexity index is 648. The molecule has 0 spiro atoms. The zero-order valence-corrected chi connectivity index (χ0v) is 11.7. The second kappa shape index (κ2) is 5.26. The smallest absolute Gasteiger partial charge is 0.323 e. The number of methoxy groups -OCH3 is 2. The fraction of sp³-hybridized carbons (Fsp3) is 0.400. The van der Waals surface area contributed by atoms with Gasteiger partial charge in [-0.15, -0.1) is 0 Å². The van der Waals surface area contributed by atoms with Crippen LogP contribution in [0, 0.1) is 0 Å². The number of hydrogen-bond donors (Lipinski definition) is 1. The highest BCUT2D eigenvalue weighted by Crippen LogP contribution is 2.30. The fourth-order valence-electron chi connectivity index (χ4n) is 2.94. The lowest BCUT2D eigenvalue weighted by Crippen LogP contribution is -2.42. The van der Waals surface area contributed by atoms with Crippen LogP contribution in [0.15, 0.2) is 24.3 Å². The van der Waals surface area contributed by atoms with E-state index in [9.17, 15) is 4.79 Å². The lowest BCUT2D eigenvalue weighted by atomic mass is 9.98. The molecule has 0 fully saturated rings. The molecule has 0 radical (unpaired) electrons. The molecule has 1 unspecified atom stereocenters. The number of carbonyl (C=O) groups excluding carboxylic acids is 1. The molecule has 1 aliphatic heterocycles. The van der Waals surface area contributed by atoms with Crippen LogP contribution in [0.3, 0.4) is 0 Å². The van der Waals surface area contributed by atoms with Crippen LogP contribution in [0.5, 0.6) is 0 Å². The first-order chi connectivity index (χ1) is 9.76. The average molecular weight is 274 g/mol. The maximum atomic E-state index is 11.7. The van der Waals surface area contributed by atoms with Crippen molar-refractivity contribution in [3.8, 4) is 0 Å². The van der Waals surface area contributed by atoms with Crippen LogP contribution in [0.25, 0.3) is 10.9 Å².